The fraction of sp³-hybridized carbons (Fsp3) is 0.300. The molecule has 0 amide bonds. The number of esters is 2. The lowest BCUT2D eigenvalue weighted by atomic mass is 10.1. The van der Waals surface area contributed by atoms with E-state index < -0.39 is 17.8 Å². The van der Waals surface area contributed by atoms with Gasteiger partial charge in [-0.25, -0.2) is 14.0 Å². The van der Waals surface area contributed by atoms with Crippen LogP contribution in [0.2, 0.25) is 0 Å². The molecule has 2 rings (SSSR count). The molecule has 0 saturated carbocycles. The number of hydrogen-bond donors (Lipinski definition) is 0. The summed E-state index contributed by atoms with van der Waals surface area (Å²) in [6.45, 7) is 2.45. The van der Waals surface area contributed by atoms with E-state index in [4.69, 9.17) is 14.2 Å². The van der Waals surface area contributed by atoms with E-state index in [0.29, 0.717) is 12.2 Å². The molecule has 0 aliphatic rings. The highest BCUT2D eigenvalue weighted by Gasteiger charge is 2.14. The normalized spacial score (nSPS) is 10.3. The molecule has 0 aliphatic carbocycles. The lowest BCUT2D eigenvalue weighted by Crippen LogP contribution is -2.11. The van der Waals surface area contributed by atoms with Crippen LogP contribution in [0.5, 0.6) is 11.5 Å². The minimum absolute atomic E-state index is 0.110. The summed E-state index contributed by atoms with van der Waals surface area (Å²) in [5, 5.41) is 0. The number of benzene rings is 2. The number of ether oxygens (including phenoxy) is 3. The lowest BCUT2D eigenvalue weighted by Gasteiger charge is -2.09. The van der Waals surface area contributed by atoms with E-state index in [1.165, 1.54) is 43.5 Å². The number of carbonyl (C=O) groups is 2. The second-order valence-corrected chi connectivity index (χ2v) is 5.61. The number of halogens is 1. The van der Waals surface area contributed by atoms with Crippen LogP contribution in [-0.4, -0.2) is 25.7 Å². The van der Waals surface area contributed by atoms with Gasteiger partial charge in [0.05, 0.1) is 24.8 Å². The number of methoxy groups -OCH3 is 1. The van der Waals surface area contributed by atoms with E-state index in [2.05, 4.69) is 6.92 Å². The second kappa shape index (κ2) is 9.56. The van der Waals surface area contributed by atoms with E-state index in [1.54, 1.807) is 0 Å². The van der Waals surface area contributed by atoms with Crippen molar-refractivity contribution in [3.63, 3.8) is 0 Å². The van der Waals surface area contributed by atoms with Crippen LogP contribution in [0, 0.1) is 5.82 Å². The molecule has 26 heavy (non-hydrogen) atoms. The third-order valence-corrected chi connectivity index (χ3v) is 3.67. The number of hydrogen-bond acceptors (Lipinski definition) is 5. The van der Waals surface area contributed by atoms with Gasteiger partial charge in [0.15, 0.2) is 11.5 Å². The molecular weight excluding hydrogens is 339 g/mol. The molecule has 138 valence electrons. The Morgan fingerprint density at radius 1 is 0.923 bits per heavy atom. The average Bonchev–Trinajstić information content (AvgIpc) is 2.66. The first kappa shape index (κ1) is 19.4. The summed E-state index contributed by atoms with van der Waals surface area (Å²) in [5.41, 5.74) is 0.608. The van der Waals surface area contributed by atoms with Gasteiger partial charge in [0.25, 0.3) is 0 Å². The van der Waals surface area contributed by atoms with E-state index in [9.17, 15) is 14.0 Å². The minimum atomic E-state index is -0.641. The highest BCUT2D eigenvalue weighted by molar-refractivity contribution is 5.94. The zero-order valence-corrected chi connectivity index (χ0v) is 14.8. The summed E-state index contributed by atoms with van der Waals surface area (Å²) < 4.78 is 28.6. The van der Waals surface area contributed by atoms with Crippen molar-refractivity contribution in [1.29, 1.82) is 0 Å². The highest BCUT2D eigenvalue weighted by atomic mass is 19.1. The van der Waals surface area contributed by atoms with Crippen LogP contribution >= 0.6 is 0 Å². The summed E-state index contributed by atoms with van der Waals surface area (Å²) in [6, 6.07) is 9.56. The predicted octanol–water partition coefficient (Wildman–Crippen LogP) is 4.40. The molecule has 2 aromatic carbocycles. The second-order valence-electron chi connectivity index (χ2n) is 5.61. The van der Waals surface area contributed by atoms with Gasteiger partial charge in [-0.2, -0.15) is 0 Å². The first-order valence-corrected chi connectivity index (χ1v) is 8.38. The molecule has 0 radical (unpaired) electrons. The lowest BCUT2D eigenvalue weighted by molar-refractivity contribution is 0.0497. The van der Waals surface area contributed by atoms with Crippen molar-refractivity contribution < 1.29 is 28.2 Å². The quantitative estimate of drug-likeness (QED) is 0.397. The van der Waals surface area contributed by atoms with E-state index in [1.807, 2.05) is 0 Å². The van der Waals surface area contributed by atoms with Crippen LogP contribution in [0.3, 0.4) is 0 Å². The molecular formula is C20H21FO5. The van der Waals surface area contributed by atoms with Gasteiger partial charge in [0.2, 0.25) is 0 Å². The maximum atomic E-state index is 13.2. The SMILES string of the molecule is CCCCCOC(=O)c1ccc(C(=O)Oc2ccc(F)cc2OC)cc1. The molecule has 0 atom stereocenters. The summed E-state index contributed by atoms with van der Waals surface area (Å²) in [5.74, 6) is -1.34. The number of carbonyl (C=O) groups excluding carboxylic acids is 2. The van der Waals surface area contributed by atoms with Gasteiger partial charge in [-0.15, -0.1) is 0 Å². The van der Waals surface area contributed by atoms with Gasteiger partial charge in [-0.05, 0) is 42.8 Å². The van der Waals surface area contributed by atoms with Crippen LogP contribution in [-0.2, 0) is 4.74 Å². The van der Waals surface area contributed by atoms with Crippen LogP contribution in [0.15, 0.2) is 42.5 Å². The molecule has 0 heterocycles. The highest BCUT2D eigenvalue weighted by Crippen LogP contribution is 2.28. The average molecular weight is 360 g/mol. The maximum Gasteiger partial charge on any atom is 0.343 e. The fourth-order valence-electron chi connectivity index (χ4n) is 2.23. The molecule has 6 heteroatoms. The Hall–Kier alpha value is -2.89. The third kappa shape index (κ3) is 5.31. The molecule has 0 unspecified atom stereocenters. The molecule has 0 spiro atoms. The van der Waals surface area contributed by atoms with Gasteiger partial charge >= 0.3 is 11.9 Å². The summed E-state index contributed by atoms with van der Waals surface area (Å²) in [7, 11) is 1.35. The van der Waals surface area contributed by atoms with E-state index in [0.717, 1.165) is 25.3 Å². The summed E-state index contributed by atoms with van der Waals surface area (Å²) in [4.78, 5) is 24.1. The van der Waals surface area contributed by atoms with Crippen molar-refractivity contribution in [2.75, 3.05) is 13.7 Å². The first-order chi connectivity index (χ1) is 12.5. The van der Waals surface area contributed by atoms with Gasteiger partial charge in [0.1, 0.15) is 5.82 Å². The van der Waals surface area contributed by atoms with E-state index >= 15 is 0 Å². The van der Waals surface area contributed by atoms with Crippen LogP contribution in [0.1, 0.15) is 46.9 Å². The smallest absolute Gasteiger partial charge is 0.343 e. The van der Waals surface area contributed by atoms with Crippen molar-refractivity contribution in [3.8, 4) is 11.5 Å². The Kier molecular flexibility index (Phi) is 7.14. The Morgan fingerprint density at radius 2 is 1.58 bits per heavy atom. The van der Waals surface area contributed by atoms with Crippen LogP contribution < -0.4 is 9.47 Å². The molecule has 0 N–H and O–H groups in total. The minimum Gasteiger partial charge on any atom is -0.493 e. The van der Waals surface area contributed by atoms with Gasteiger partial charge in [-0.1, -0.05) is 19.8 Å². The molecule has 5 nitrogen and oxygen atoms in total. The Balaban J connectivity index is 1.99. The summed E-state index contributed by atoms with van der Waals surface area (Å²) in [6.07, 6.45) is 2.88. The Morgan fingerprint density at radius 3 is 2.19 bits per heavy atom. The van der Waals surface area contributed by atoms with E-state index in [-0.39, 0.29) is 17.1 Å². The predicted molar refractivity (Wildman–Crippen MR) is 94.2 cm³/mol. The molecule has 0 aromatic heterocycles. The molecule has 0 saturated heterocycles. The molecule has 2 aromatic rings. The fourth-order valence-corrected chi connectivity index (χ4v) is 2.23. The molecule has 0 fully saturated rings. The summed E-state index contributed by atoms with van der Waals surface area (Å²) >= 11 is 0. The Labute approximate surface area is 151 Å². The largest absolute Gasteiger partial charge is 0.493 e. The van der Waals surface area contributed by atoms with Crippen molar-refractivity contribution in [3.05, 3.63) is 59.4 Å². The van der Waals surface area contributed by atoms with Gasteiger partial charge in [-0.3, -0.25) is 0 Å². The third-order valence-electron chi connectivity index (χ3n) is 3.67. The topological polar surface area (TPSA) is 61.8 Å². The van der Waals surface area contributed by atoms with Crippen LogP contribution in [0.4, 0.5) is 4.39 Å². The molecule has 0 bridgehead atoms. The van der Waals surface area contributed by atoms with Gasteiger partial charge in [0, 0.05) is 6.07 Å². The van der Waals surface area contributed by atoms with Crippen LogP contribution in [0.25, 0.3) is 0 Å². The van der Waals surface area contributed by atoms with Gasteiger partial charge < -0.3 is 14.2 Å². The monoisotopic (exact) mass is 360 g/mol. The first-order valence-electron chi connectivity index (χ1n) is 8.38. The van der Waals surface area contributed by atoms with Crippen molar-refractivity contribution in [2.24, 2.45) is 0 Å². The number of unbranched alkanes of at least 4 members (excludes halogenated alkanes) is 2. The zero-order chi connectivity index (χ0) is 18.9. The van der Waals surface area contributed by atoms with Crippen molar-refractivity contribution in [2.45, 2.75) is 26.2 Å². The maximum absolute atomic E-state index is 13.2. The Bertz CT molecular complexity index is 755. The zero-order valence-electron chi connectivity index (χ0n) is 14.8. The molecule has 0 aliphatic heterocycles. The van der Waals surface area contributed by atoms with Crippen molar-refractivity contribution >= 4 is 11.9 Å². The number of rotatable bonds is 8. The standard InChI is InChI=1S/C20H21FO5/c1-3-4-5-12-25-19(22)14-6-8-15(9-7-14)20(23)26-17-11-10-16(21)13-18(17)24-2/h6-11,13H,3-5,12H2,1-2H3. The van der Waals surface area contributed by atoms with Crippen molar-refractivity contribution in [1.82, 2.24) is 0 Å².